The van der Waals surface area contributed by atoms with E-state index in [1.807, 2.05) is 11.8 Å². The summed E-state index contributed by atoms with van der Waals surface area (Å²) in [7, 11) is 1.46. The van der Waals surface area contributed by atoms with Crippen LogP contribution in [0.5, 0.6) is 0 Å². The monoisotopic (exact) mass is 474 g/mol. The van der Waals surface area contributed by atoms with Gasteiger partial charge in [-0.25, -0.2) is 4.79 Å². The minimum absolute atomic E-state index is 0.0145. The molecule has 5 aliphatic rings. The summed E-state index contributed by atoms with van der Waals surface area (Å²) in [5.74, 6) is 2.24. The molecule has 5 fully saturated rings. The fourth-order valence-corrected chi connectivity index (χ4v) is 7.30. The number of carbonyl (C=O) groups excluding carboxylic acids is 3. The smallest absolute Gasteiger partial charge is 0.410 e. The Labute approximate surface area is 203 Å². The summed E-state index contributed by atoms with van der Waals surface area (Å²) in [5, 5.41) is 3.33. The van der Waals surface area contributed by atoms with Crippen molar-refractivity contribution in [3.8, 4) is 0 Å². The van der Waals surface area contributed by atoms with E-state index in [2.05, 4.69) is 15.1 Å². The van der Waals surface area contributed by atoms with Crippen molar-refractivity contribution in [2.24, 2.45) is 23.7 Å². The largest absolute Gasteiger partial charge is 0.453 e. The molecule has 34 heavy (non-hydrogen) atoms. The van der Waals surface area contributed by atoms with Crippen molar-refractivity contribution < 1.29 is 19.1 Å². The summed E-state index contributed by atoms with van der Waals surface area (Å²) >= 11 is 0. The lowest BCUT2D eigenvalue weighted by Crippen LogP contribution is -2.67. The van der Waals surface area contributed by atoms with Gasteiger partial charge in [0.2, 0.25) is 11.8 Å². The quantitative estimate of drug-likeness (QED) is 0.680. The fraction of sp³-hybridized carbons (Fsp3) is 0.885. The highest BCUT2D eigenvalue weighted by Gasteiger charge is 2.50. The summed E-state index contributed by atoms with van der Waals surface area (Å²) in [6, 6.07) is 0.141. The van der Waals surface area contributed by atoms with Gasteiger partial charge in [-0.3, -0.25) is 14.5 Å². The van der Waals surface area contributed by atoms with Gasteiger partial charge in [0.15, 0.2) is 0 Å². The maximum absolute atomic E-state index is 13.2. The number of piperazine rings is 2. The van der Waals surface area contributed by atoms with Gasteiger partial charge < -0.3 is 19.9 Å². The first-order valence-electron chi connectivity index (χ1n) is 13.6. The molecule has 190 valence electrons. The number of carbonyl (C=O) groups is 3. The molecule has 0 radical (unpaired) electrons. The molecule has 0 bridgehead atoms. The Balaban J connectivity index is 1.23. The Kier molecular flexibility index (Phi) is 7.05. The maximum Gasteiger partial charge on any atom is 0.410 e. The highest BCUT2D eigenvalue weighted by Crippen LogP contribution is 2.45. The first-order valence-corrected chi connectivity index (χ1v) is 13.6. The molecule has 0 aromatic rings. The Hall–Kier alpha value is -1.83. The lowest BCUT2D eigenvalue weighted by molar-refractivity contribution is -0.145. The lowest BCUT2D eigenvalue weighted by Gasteiger charge is -2.54. The number of nitrogens with one attached hydrogen (secondary N) is 1. The molecule has 8 nitrogen and oxygen atoms in total. The number of hydrogen-bond donors (Lipinski definition) is 1. The summed E-state index contributed by atoms with van der Waals surface area (Å²) in [6.07, 6.45) is 8.97. The second kappa shape index (κ2) is 10.0. The second-order valence-electron chi connectivity index (χ2n) is 11.4. The molecule has 3 unspecified atom stereocenters. The van der Waals surface area contributed by atoms with Crippen LogP contribution in [0, 0.1) is 23.7 Å². The first-order chi connectivity index (χ1) is 16.5. The molecule has 2 heterocycles. The number of fused-ring (bicyclic) bond motifs is 1. The molecule has 3 saturated carbocycles. The van der Waals surface area contributed by atoms with Gasteiger partial charge in [-0.2, -0.15) is 0 Å². The van der Waals surface area contributed by atoms with Crippen LogP contribution in [-0.2, 0) is 14.3 Å². The Bertz CT molecular complexity index is 773. The normalized spacial score (nSPS) is 36.6. The third-order valence-electron chi connectivity index (χ3n) is 9.33. The van der Waals surface area contributed by atoms with Gasteiger partial charge in [0.1, 0.15) is 0 Å². The number of methoxy groups -OCH3 is 1. The summed E-state index contributed by atoms with van der Waals surface area (Å²) in [4.78, 5) is 44.9. The zero-order chi connectivity index (χ0) is 23.8. The van der Waals surface area contributed by atoms with E-state index in [0.29, 0.717) is 30.2 Å². The van der Waals surface area contributed by atoms with Crippen LogP contribution >= 0.6 is 0 Å². The molecule has 0 aromatic heterocycles. The third kappa shape index (κ3) is 4.67. The van der Waals surface area contributed by atoms with E-state index < -0.39 is 0 Å². The average Bonchev–Trinajstić information content (AvgIpc) is 3.73. The van der Waals surface area contributed by atoms with Gasteiger partial charge >= 0.3 is 6.09 Å². The van der Waals surface area contributed by atoms with Crippen molar-refractivity contribution in [2.45, 2.75) is 82.8 Å². The van der Waals surface area contributed by atoms with Crippen LogP contribution in [0.15, 0.2) is 0 Å². The summed E-state index contributed by atoms with van der Waals surface area (Å²) < 4.78 is 5.14. The zero-order valence-corrected chi connectivity index (χ0v) is 20.9. The van der Waals surface area contributed by atoms with E-state index in [1.165, 1.54) is 7.11 Å². The van der Waals surface area contributed by atoms with E-state index in [4.69, 9.17) is 4.74 Å². The van der Waals surface area contributed by atoms with Crippen molar-refractivity contribution in [1.82, 2.24) is 20.0 Å². The van der Waals surface area contributed by atoms with Gasteiger partial charge in [-0.15, -0.1) is 0 Å². The molecule has 0 spiro atoms. The van der Waals surface area contributed by atoms with E-state index in [-0.39, 0.29) is 36.1 Å². The fourth-order valence-electron chi connectivity index (χ4n) is 7.30. The van der Waals surface area contributed by atoms with Crippen molar-refractivity contribution in [2.75, 3.05) is 39.8 Å². The predicted molar refractivity (Wildman–Crippen MR) is 128 cm³/mol. The standard InChI is InChI=1S/C26H42N4O4/c1-17-16-29(25(32)20-7-8-20)23-15-21(9-10-22(23)30(17)26(33)34-2)18-3-5-19(6-4-18)24(31)28-13-11-27-12-14-28/h17-23,27H,3-16H2,1-2H3/t17-,18?,19?,21?,22?,23?/m0/s1. The predicted octanol–water partition coefficient (Wildman–Crippen LogP) is 2.47. The van der Waals surface area contributed by atoms with Crippen molar-refractivity contribution >= 4 is 17.9 Å². The summed E-state index contributed by atoms with van der Waals surface area (Å²) in [6.45, 7) is 6.15. The SMILES string of the molecule is COC(=O)N1C2CCC(C3CCC(C(=O)N4CCNCC4)CC3)CC2N(C(=O)C2CC2)C[C@@H]1C. The number of hydrogen-bond acceptors (Lipinski definition) is 5. The van der Waals surface area contributed by atoms with Gasteiger partial charge in [0, 0.05) is 44.6 Å². The van der Waals surface area contributed by atoms with Crippen LogP contribution in [-0.4, -0.2) is 90.6 Å². The van der Waals surface area contributed by atoms with Crippen LogP contribution in [0.3, 0.4) is 0 Å². The highest BCUT2D eigenvalue weighted by molar-refractivity contribution is 5.82. The van der Waals surface area contributed by atoms with Crippen LogP contribution < -0.4 is 5.32 Å². The zero-order valence-electron chi connectivity index (χ0n) is 20.9. The van der Waals surface area contributed by atoms with Gasteiger partial charge in [-0.1, -0.05) is 0 Å². The van der Waals surface area contributed by atoms with Crippen LogP contribution in [0.25, 0.3) is 0 Å². The molecule has 4 atom stereocenters. The molecule has 2 saturated heterocycles. The number of ether oxygens (including phenoxy) is 1. The Morgan fingerprint density at radius 3 is 2.06 bits per heavy atom. The molecular formula is C26H42N4O4. The molecule has 3 amide bonds. The van der Waals surface area contributed by atoms with Crippen molar-refractivity contribution in [1.29, 1.82) is 0 Å². The minimum atomic E-state index is -0.258. The number of rotatable bonds is 3. The van der Waals surface area contributed by atoms with Crippen molar-refractivity contribution in [3.63, 3.8) is 0 Å². The van der Waals surface area contributed by atoms with E-state index in [0.717, 1.165) is 84.0 Å². The topological polar surface area (TPSA) is 82.2 Å². The third-order valence-corrected chi connectivity index (χ3v) is 9.33. The first kappa shape index (κ1) is 23.9. The van der Waals surface area contributed by atoms with Crippen LogP contribution in [0.1, 0.15) is 64.7 Å². The molecule has 5 rings (SSSR count). The molecule has 0 aromatic carbocycles. The molecule has 8 heteroatoms. The molecule has 3 aliphatic carbocycles. The van der Waals surface area contributed by atoms with Crippen LogP contribution in [0.4, 0.5) is 4.79 Å². The maximum atomic E-state index is 13.2. The second-order valence-corrected chi connectivity index (χ2v) is 11.4. The average molecular weight is 475 g/mol. The van der Waals surface area contributed by atoms with E-state index in [1.54, 1.807) is 0 Å². The van der Waals surface area contributed by atoms with Crippen LogP contribution in [0.2, 0.25) is 0 Å². The molecule has 1 N–H and O–H groups in total. The highest BCUT2D eigenvalue weighted by atomic mass is 16.5. The Morgan fingerprint density at radius 2 is 1.41 bits per heavy atom. The van der Waals surface area contributed by atoms with Crippen molar-refractivity contribution in [3.05, 3.63) is 0 Å². The van der Waals surface area contributed by atoms with E-state index in [9.17, 15) is 14.4 Å². The number of nitrogens with zero attached hydrogens (tertiary/aromatic N) is 3. The van der Waals surface area contributed by atoms with Gasteiger partial charge in [0.05, 0.1) is 25.2 Å². The lowest BCUT2D eigenvalue weighted by atomic mass is 9.68. The summed E-state index contributed by atoms with van der Waals surface area (Å²) in [5.41, 5.74) is 0. The molecular weight excluding hydrogens is 432 g/mol. The number of amides is 3. The van der Waals surface area contributed by atoms with Gasteiger partial charge in [-0.05, 0) is 76.5 Å². The molecule has 2 aliphatic heterocycles. The van der Waals surface area contributed by atoms with E-state index >= 15 is 0 Å². The minimum Gasteiger partial charge on any atom is -0.453 e. The Morgan fingerprint density at radius 1 is 0.794 bits per heavy atom. The van der Waals surface area contributed by atoms with Gasteiger partial charge in [0.25, 0.3) is 0 Å².